The van der Waals surface area contributed by atoms with Gasteiger partial charge in [-0.2, -0.15) is 0 Å². The van der Waals surface area contributed by atoms with Gasteiger partial charge in [-0.15, -0.1) is 0 Å². The summed E-state index contributed by atoms with van der Waals surface area (Å²) in [7, 11) is 1.67. The second-order valence-electron chi connectivity index (χ2n) is 4.48. The average molecular weight is 206 g/mol. The molecule has 1 fully saturated rings. The number of anilines is 1. The minimum Gasteiger partial charge on any atom is -0.497 e. The predicted molar refractivity (Wildman–Crippen MR) is 61.9 cm³/mol. The number of hydrogen-bond acceptors (Lipinski definition) is 3. The van der Waals surface area contributed by atoms with E-state index in [0.717, 1.165) is 23.5 Å². The molecule has 0 spiro atoms. The molecule has 0 heterocycles. The van der Waals surface area contributed by atoms with Crippen molar-refractivity contribution in [1.82, 2.24) is 5.32 Å². The van der Waals surface area contributed by atoms with E-state index in [1.54, 1.807) is 7.11 Å². The van der Waals surface area contributed by atoms with Crippen molar-refractivity contribution in [3.63, 3.8) is 0 Å². The van der Waals surface area contributed by atoms with Crippen LogP contribution in [0.15, 0.2) is 18.2 Å². The number of nitrogen functional groups attached to an aromatic ring is 1. The van der Waals surface area contributed by atoms with E-state index in [1.807, 2.05) is 18.2 Å². The summed E-state index contributed by atoms with van der Waals surface area (Å²) in [5, 5.41) is 3.51. The fourth-order valence-corrected chi connectivity index (χ4v) is 1.54. The van der Waals surface area contributed by atoms with Crippen LogP contribution in [0.25, 0.3) is 0 Å². The summed E-state index contributed by atoms with van der Waals surface area (Å²) in [6.45, 7) is 3.06. The Kier molecular flexibility index (Phi) is 2.57. The highest BCUT2D eigenvalue weighted by Gasteiger charge is 2.36. The summed E-state index contributed by atoms with van der Waals surface area (Å²) in [5.41, 5.74) is 8.18. The maximum absolute atomic E-state index is 5.90. The van der Waals surface area contributed by atoms with Crippen molar-refractivity contribution in [3.8, 4) is 5.75 Å². The Morgan fingerprint density at radius 1 is 1.47 bits per heavy atom. The summed E-state index contributed by atoms with van der Waals surface area (Å²) in [6, 6.07) is 5.77. The van der Waals surface area contributed by atoms with Crippen molar-refractivity contribution >= 4 is 5.69 Å². The van der Waals surface area contributed by atoms with Gasteiger partial charge in [0.05, 0.1) is 7.11 Å². The molecule has 0 radical (unpaired) electrons. The second kappa shape index (κ2) is 3.74. The van der Waals surface area contributed by atoms with E-state index in [-0.39, 0.29) is 0 Å². The van der Waals surface area contributed by atoms with Gasteiger partial charge in [0.2, 0.25) is 0 Å². The Hall–Kier alpha value is -1.22. The van der Waals surface area contributed by atoms with Crippen LogP contribution in [0.1, 0.15) is 25.3 Å². The lowest BCUT2D eigenvalue weighted by molar-refractivity contribution is 0.414. The minimum atomic E-state index is 0.343. The lowest BCUT2D eigenvalue weighted by Crippen LogP contribution is -2.27. The first-order chi connectivity index (χ1) is 7.13. The molecule has 1 aliphatic carbocycles. The van der Waals surface area contributed by atoms with E-state index in [4.69, 9.17) is 10.5 Å². The quantitative estimate of drug-likeness (QED) is 0.740. The maximum Gasteiger partial charge on any atom is 0.119 e. The van der Waals surface area contributed by atoms with Crippen molar-refractivity contribution in [1.29, 1.82) is 0 Å². The van der Waals surface area contributed by atoms with Gasteiger partial charge in [0.1, 0.15) is 5.75 Å². The first kappa shape index (κ1) is 10.3. The van der Waals surface area contributed by atoms with Crippen molar-refractivity contribution in [3.05, 3.63) is 23.8 Å². The van der Waals surface area contributed by atoms with E-state index < -0.39 is 0 Å². The van der Waals surface area contributed by atoms with Crippen molar-refractivity contribution in [2.75, 3.05) is 12.8 Å². The SMILES string of the molecule is COc1ccc(N)c(CNC2(C)CC2)c1. The lowest BCUT2D eigenvalue weighted by Gasteiger charge is -2.13. The topological polar surface area (TPSA) is 47.3 Å². The van der Waals surface area contributed by atoms with Gasteiger partial charge in [0, 0.05) is 17.8 Å². The number of methoxy groups -OCH3 is 1. The molecule has 0 aromatic heterocycles. The van der Waals surface area contributed by atoms with E-state index >= 15 is 0 Å². The molecule has 0 unspecified atom stereocenters. The van der Waals surface area contributed by atoms with E-state index in [9.17, 15) is 0 Å². The third-order valence-corrected chi connectivity index (χ3v) is 3.06. The standard InChI is InChI=1S/C12H18N2O/c1-12(5-6-12)14-8-9-7-10(15-2)3-4-11(9)13/h3-4,7,14H,5-6,8,13H2,1-2H3. The molecule has 1 saturated carbocycles. The van der Waals surface area contributed by atoms with Crippen molar-refractivity contribution in [2.45, 2.75) is 31.8 Å². The van der Waals surface area contributed by atoms with E-state index in [2.05, 4.69) is 12.2 Å². The van der Waals surface area contributed by atoms with Gasteiger partial charge < -0.3 is 15.8 Å². The normalized spacial score (nSPS) is 17.5. The van der Waals surface area contributed by atoms with E-state index in [1.165, 1.54) is 12.8 Å². The second-order valence-corrected chi connectivity index (χ2v) is 4.48. The largest absolute Gasteiger partial charge is 0.497 e. The Labute approximate surface area is 90.6 Å². The zero-order chi connectivity index (χ0) is 10.9. The molecule has 0 aliphatic heterocycles. The Bertz CT molecular complexity index is 359. The Morgan fingerprint density at radius 3 is 2.80 bits per heavy atom. The van der Waals surface area contributed by atoms with Crippen molar-refractivity contribution in [2.24, 2.45) is 0 Å². The number of benzene rings is 1. The molecule has 1 aromatic rings. The summed E-state index contributed by atoms with van der Waals surface area (Å²) < 4.78 is 5.17. The van der Waals surface area contributed by atoms with Crippen LogP contribution < -0.4 is 15.8 Å². The molecular formula is C12H18N2O. The van der Waals surface area contributed by atoms with Crippen LogP contribution in [0, 0.1) is 0 Å². The number of nitrogens with two attached hydrogens (primary N) is 1. The molecule has 3 heteroatoms. The summed E-state index contributed by atoms with van der Waals surface area (Å²) in [6.07, 6.45) is 2.52. The molecule has 2 rings (SSSR count). The Morgan fingerprint density at radius 2 is 2.20 bits per heavy atom. The highest BCUT2D eigenvalue weighted by molar-refractivity contribution is 5.50. The molecule has 82 valence electrons. The van der Waals surface area contributed by atoms with Gasteiger partial charge in [-0.25, -0.2) is 0 Å². The van der Waals surface area contributed by atoms with Crippen LogP contribution in [0.5, 0.6) is 5.75 Å². The number of rotatable bonds is 4. The summed E-state index contributed by atoms with van der Waals surface area (Å²) in [5.74, 6) is 0.863. The van der Waals surface area contributed by atoms with Crippen LogP contribution in [0.3, 0.4) is 0 Å². The molecule has 1 aliphatic rings. The molecule has 0 amide bonds. The first-order valence-corrected chi connectivity index (χ1v) is 5.30. The summed E-state index contributed by atoms with van der Waals surface area (Å²) >= 11 is 0. The van der Waals surface area contributed by atoms with Crippen LogP contribution in [0.2, 0.25) is 0 Å². The predicted octanol–water partition coefficient (Wildman–Crippen LogP) is 1.92. The molecule has 0 bridgehead atoms. The molecule has 0 atom stereocenters. The molecule has 0 saturated heterocycles. The van der Waals surface area contributed by atoms with Crippen LogP contribution in [-0.2, 0) is 6.54 Å². The monoisotopic (exact) mass is 206 g/mol. The van der Waals surface area contributed by atoms with Gasteiger partial charge in [-0.1, -0.05) is 0 Å². The molecular weight excluding hydrogens is 188 g/mol. The van der Waals surface area contributed by atoms with Crippen LogP contribution in [0.4, 0.5) is 5.69 Å². The zero-order valence-electron chi connectivity index (χ0n) is 9.34. The van der Waals surface area contributed by atoms with Gasteiger partial charge in [0.25, 0.3) is 0 Å². The Balaban J connectivity index is 2.05. The third-order valence-electron chi connectivity index (χ3n) is 3.06. The molecule has 3 N–H and O–H groups in total. The average Bonchev–Trinajstić information content (AvgIpc) is 2.96. The minimum absolute atomic E-state index is 0.343. The fraction of sp³-hybridized carbons (Fsp3) is 0.500. The van der Waals surface area contributed by atoms with Crippen LogP contribution in [-0.4, -0.2) is 12.6 Å². The van der Waals surface area contributed by atoms with Gasteiger partial charge in [-0.3, -0.25) is 0 Å². The van der Waals surface area contributed by atoms with Crippen LogP contribution >= 0.6 is 0 Å². The van der Waals surface area contributed by atoms with Gasteiger partial charge in [-0.05, 0) is 43.5 Å². The first-order valence-electron chi connectivity index (χ1n) is 5.30. The number of ether oxygens (including phenoxy) is 1. The van der Waals surface area contributed by atoms with Gasteiger partial charge >= 0.3 is 0 Å². The highest BCUT2D eigenvalue weighted by atomic mass is 16.5. The zero-order valence-corrected chi connectivity index (χ0v) is 9.34. The van der Waals surface area contributed by atoms with Crippen molar-refractivity contribution < 1.29 is 4.74 Å². The smallest absolute Gasteiger partial charge is 0.119 e. The molecule has 15 heavy (non-hydrogen) atoms. The van der Waals surface area contributed by atoms with Gasteiger partial charge in [0.15, 0.2) is 0 Å². The third kappa shape index (κ3) is 2.42. The summed E-state index contributed by atoms with van der Waals surface area (Å²) in [4.78, 5) is 0. The molecule has 1 aromatic carbocycles. The highest BCUT2D eigenvalue weighted by Crippen LogP contribution is 2.35. The number of hydrogen-bond donors (Lipinski definition) is 2. The van der Waals surface area contributed by atoms with E-state index in [0.29, 0.717) is 5.54 Å². The maximum atomic E-state index is 5.90. The lowest BCUT2D eigenvalue weighted by atomic mass is 10.1. The number of nitrogens with one attached hydrogen (secondary N) is 1. The molecule has 3 nitrogen and oxygen atoms in total. The fourth-order valence-electron chi connectivity index (χ4n) is 1.54.